The Hall–Kier alpha value is -2.41. The van der Waals surface area contributed by atoms with E-state index < -0.39 is 0 Å². The Labute approximate surface area is 138 Å². The molecule has 2 atom stereocenters. The second kappa shape index (κ2) is 5.34. The van der Waals surface area contributed by atoms with Gasteiger partial charge in [0.2, 0.25) is 5.69 Å². The number of hydrogen-bond acceptors (Lipinski definition) is 0. The standard InChI is InChI=1S/C22H22N/c1-15-11-12-23-17(3)16(2)20-10-9-19(14-21(20)22(23)13-15)18-7-5-4-6-8-18/h4-14,16-17H,1-3H3/q+1. The first-order chi connectivity index (χ1) is 11.1. The lowest BCUT2D eigenvalue weighted by atomic mass is 9.83. The third-order valence-corrected chi connectivity index (χ3v) is 5.23. The highest BCUT2D eigenvalue weighted by molar-refractivity contribution is 5.74. The molecule has 0 amide bonds. The maximum absolute atomic E-state index is 2.43. The summed E-state index contributed by atoms with van der Waals surface area (Å²) in [4.78, 5) is 0. The van der Waals surface area contributed by atoms with Crippen LogP contribution in [0.3, 0.4) is 0 Å². The minimum absolute atomic E-state index is 0.487. The van der Waals surface area contributed by atoms with E-state index in [4.69, 9.17) is 0 Å². The van der Waals surface area contributed by atoms with Crippen molar-refractivity contribution in [3.8, 4) is 22.4 Å². The van der Waals surface area contributed by atoms with Crippen molar-refractivity contribution in [2.75, 3.05) is 0 Å². The third-order valence-electron chi connectivity index (χ3n) is 5.23. The van der Waals surface area contributed by atoms with Gasteiger partial charge in [0.05, 0.1) is 5.56 Å². The van der Waals surface area contributed by atoms with Crippen LogP contribution < -0.4 is 4.57 Å². The molecule has 3 aromatic rings. The van der Waals surface area contributed by atoms with E-state index in [1.54, 1.807) is 0 Å². The van der Waals surface area contributed by atoms with E-state index in [-0.39, 0.29) is 0 Å². The summed E-state index contributed by atoms with van der Waals surface area (Å²) >= 11 is 0. The van der Waals surface area contributed by atoms with Gasteiger partial charge in [-0.1, -0.05) is 49.4 Å². The number of rotatable bonds is 1. The summed E-state index contributed by atoms with van der Waals surface area (Å²) in [6.45, 7) is 6.82. The van der Waals surface area contributed by atoms with E-state index in [9.17, 15) is 0 Å². The fraction of sp³-hybridized carbons (Fsp3) is 0.227. The highest BCUT2D eigenvalue weighted by atomic mass is 15.0. The van der Waals surface area contributed by atoms with Crippen molar-refractivity contribution in [2.24, 2.45) is 0 Å². The van der Waals surface area contributed by atoms with Crippen LogP contribution in [0, 0.1) is 6.92 Å². The van der Waals surface area contributed by atoms with Crippen LogP contribution in [0.2, 0.25) is 0 Å². The summed E-state index contributed by atoms with van der Waals surface area (Å²) in [6, 6.07) is 22.6. The molecule has 1 aliphatic rings. The number of aryl methyl sites for hydroxylation is 1. The van der Waals surface area contributed by atoms with E-state index in [1.165, 1.54) is 33.5 Å². The van der Waals surface area contributed by atoms with Gasteiger partial charge in [-0.15, -0.1) is 0 Å². The fourth-order valence-electron chi connectivity index (χ4n) is 3.67. The summed E-state index contributed by atoms with van der Waals surface area (Å²) in [6.07, 6.45) is 2.24. The molecular weight excluding hydrogens is 278 g/mol. The molecule has 0 bridgehead atoms. The molecule has 0 saturated carbocycles. The van der Waals surface area contributed by atoms with E-state index in [0.29, 0.717) is 12.0 Å². The Morgan fingerprint density at radius 2 is 1.61 bits per heavy atom. The number of aromatic nitrogens is 1. The van der Waals surface area contributed by atoms with Crippen LogP contribution in [0.1, 0.15) is 36.9 Å². The normalized spacial score (nSPS) is 19.1. The molecule has 2 aromatic carbocycles. The van der Waals surface area contributed by atoms with Crippen molar-refractivity contribution in [1.82, 2.24) is 0 Å². The maximum Gasteiger partial charge on any atom is 0.213 e. The first-order valence-electron chi connectivity index (χ1n) is 8.36. The molecule has 0 fully saturated rings. The smallest absolute Gasteiger partial charge is 0.195 e. The largest absolute Gasteiger partial charge is 0.213 e. The molecule has 0 N–H and O–H groups in total. The lowest BCUT2D eigenvalue weighted by Crippen LogP contribution is -2.45. The molecule has 0 spiro atoms. The minimum atomic E-state index is 0.487. The Bertz CT molecular complexity index is 864. The van der Waals surface area contributed by atoms with Crippen LogP contribution in [-0.2, 0) is 0 Å². The Morgan fingerprint density at radius 3 is 2.39 bits per heavy atom. The first kappa shape index (κ1) is 14.2. The van der Waals surface area contributed by atoms with Crippen molar-refractivity contribution < 1.29 is 4.57 Å². The molecule has 2 heterocycles. The van der Waals surface area contributed by atoms with Crippen LogP contribution in [0.25, 0.3) is 22.4 Å². The van der Waals surface area contributed by atoms with Crippen molar-refractivity contribution >= 4 is 0 Å². The molecule has 0 aliphatic carbocycles. The fourth-order valence-corrected chi connectivity index (χ4v) is 3.67. The van der Waals surface area contributed by atoms with Gasteiger partial charge in [-0.3, -0.25) is 0 Å². The first-order valence-corrected chi connectivity index (χ1v) is 8.36. The van der Waals surface area contributed by atoms with Gasteiger partial charge in [-0.2, -0.15) is 4.57 Å². The zero-order chi connectivity index (χ0) is 16.0. The Morgan fingerprint density at radius 1 is 0.826 bits per heavy atom. The molecule has 23 heavy (non-hydrogen) atoms. The topological polar surface area (TPSA) is 3.88 Å². The number of hydrogen-bond donors (Lipinski definition) is 0. The molecule has 1 aliphatic heterocycles. The van der Waals surface area contributed by atoms with E-state index >= 15 is 0 Å². The molecule has 1 heteroatoms. The van der Waals surface area contributed by atoms with Crippen LogP contribution in [0.4, 0.5) is 0 Å². The lowest BCUT2D eigenvalue weighted by Gasteiger charge is -2.26. The average Bonchev–Trinajstić information content (AvgIpc) is 2.60. The highest BCUT2D eigenvalue weighted by Gasteiger charge is 2.34. The Balaban J connectivity index is 1.95. The quantitative estimate of drug-likeness (QED) is 0.537. The average molecular weight is 300 g/mol. The van der Waals surface area contributed by atoms with Gasteiger partial charge in [0.25, 0.3) is 0 Å². The van der Waals surface area contributed by atoms with Gasteiger partial charge < -0.3 is 0 Å². The van der Waals surface area contributed by atoms with Gasteiger partial charge in [-0.25, -0.2) is 0 Å². The molecule has 1 nitrogen and oxygen atoms in total. The van der Waals surface area contributed by atoms with Crippen molar-refractivity contribution in [2.45, 2.75) is 32.7 Å². The van der Waals surface area contributed by atoms with E-state index in [1.807, 2.05) is 0 Å². The van der Waals surface area contributed by atoms with Gasteiger partial charge >= 0.3 is 0 Å². The Kier molecular flexibility index (Phi) is 3.30. The van der Waals surface area contributed by atoms with E-state index in [0.717, 1.165) is 0 Å². The predicted molar refractivity (Wildman–Crippen MR) is 95.4 cm³/mol. The van der Waals surface area contributed by atoms with Crippen molar-refractivity contribution in [3.63, 3.8) is 0 Å². The summed E-state index contributed by atoms with van der Waals surface area (Å²) in [5.41, 5.74) is 8.06. The molecule has 114 valence electrons. The highest BCUT2D eigenvalue weighted by Crippen LogP contribution is 2.39. The summed E-state index contributed by atoms with van der Waals surface area (Å²) in [5, 5.41) is 0. The number of pyridine rings is 1. The summed E-state index contributed by atoms with van der Waals surface area (Å²) in [7, 11) is 0. The molecule has 2 unspecified atom stereocenters. The third kappa shape index (κ3) is 2.28. The van der Waals surface area contributed by atoms with E-state index in [2.05, 4.69) is 92.2 Å². The number of fused-ring (bicyclic) bond motifs is 3. The lowest BCUT2D eigenvalue weighted by molar-refractivity contribution is -0.714. The summed E-state index contributed by atoms with van der Waals surface area (Å²) < 4.78 is 2.43. The van der Waals surface area contributed by atoms with Crippen LogP contribution in [0.15, 0.2) is 66.9 Å². The molecule has 1 aromatic heterocycles. The maximum atomic E-state index is 2.43. The van der Waals surface area contributed by atoms with Crippen LogP contribution in [0.5, 0.6) is 0 Å². The van der Waals surface area contributed by atoms with Crippen molar-refractivity contribution in [1.29, 1.82) is 0 Å². The molecular formula is C22H22N+. The van der Waals surface area contributed by atoms with Crippen LogP contribution >= 0.6 is 0 Å². The molecule has 0 radical (unpaired) electrons. The van der Waals surface area contributed by atoms with Crippen LogP contribution in [-0.4, -0.2) is 0 Å². The second-order valence-electron chi connectivity index (χ2n) is 6.69. The second-order valence-corrected chi connectivity index (χ2v) is 6.69. The summed E-state index contributed by atoms with van der Waals surface area (Å²) in [5.74, 6) is 0.523. The van der Waals surface area contributed by atoms with Gasteiger partial charge in [0.1, 0.15) is 0 Å². The molecule has 4 rings (SSSR count). The van der Waals surface area contributed by atoms with Gasteiger partial charge in [0.15, 0.2) is 12.2 Å². The van der Waals surface area contributed by atoms with Crippen molar-refractivity contribution in [3.05, 3.63) is 78.0 Å². The monoisotopic (exact) mass is 300 g/mol. The van der Waals surface area contributed by atoms with Gasteiger partial charge in [0, 0.05) is 18.1 Å². The molecule has 0 saturated heterocycles. The zero-order valence-electron chi connectivity index (χ0n) is 14.0. The number of nitrogens with zero attached hydrogens (tertiary/aromatic N) is 1. The van der Waals surface area contributed by atoms with Gasteiger partial charge in [-0.05, 0) is 42.2 Å². The minimum Gasteiger partial charge on any atom is -0.195 e. The SMILES string of the molecule is Cc1cc[n+]2c(c1)-c1cc(-c3ccccc3)ccc1C(C)C2C. The zero-order valence-corrected chi connectivity index (χ0v) is 14.0. The predicted octanol–water partition coefficient (Wildman–Crippen LogP) is 5.29. The number of benzene rings is 2.